The van der Waals surface area contributed by atoms with Crippen LogP contribution in [-0.4, -0.2) is 47.6 Å². The predicted molar refractivity (Wildman–Crippen MR) is 109 cm³/mol. The van der Waals surface area contributed by atoms with Crippen LogP contribution in [0.4, 0.5) is 5.82 Å². The lowest BCUT2D eigenvalue weighted by Crippen LogP contribution is -2.35. The van der Waals surface area contributed by atoms with Crippen molar-refractivity contribution < 1.29 is 8.42 Å². The first-order valence-corrected chi connectivity index (χ1v) is 11.6. The maximum Gasteiger partial charge on any atom is 0.242 e. The van der Waals surface area contributed by atoms with Crippen molar-refractivity contribution in [2.75, 3.05) is 24.5 Å². The van der Waals surface area contributed by atoms with Crippen molar-refractivity contribution in [2.45, 2.75) is 36.5 Å². The molecule has 1 aliphatic carbocycles. The standard InChI is InChI=1S/C20H24N6O2S/c27-29(28,22-12-15-6-7-15)17-8-9-18(21-13-17)25-10-3-4-16(14-25)20-24-23-19-5-1-2-11-26(19)20/h1-2,5,8-9,11,13,15-16,22H,3-4,6-7,10,12,14H2. The number of nitrogens with zero attached hydrogens (tertiary/aromatic N) is 5. The first kappa shape index (κ1) is 18.5. The normalized spacial score (nSPS) is 20.3. The van der Waals surface area contributed by atoms with Crippen LogP contribution >= 0.6 is 0 Å². The molecule has 1 aliphatic heterocycles. The third-order valence-corrected chi connectivity index (χ3v) is 7.15. The van der Waals surface area contributed by atoms with E-state index in [1.807, 2.05) is 28.8 Å². The number of piperidine rings is 1. The van der Waals surface area contributed by atoms with Crippen molar-refractivity contribution in [1.82, 2.24) is 24.3 Å². The van der Waals surface area contributed by atoms with Gasteiger partial charge in [0.15, 0.2) is 5.65 Å². The minimum absolute atomic E-state index is 0.221. The quantitative estimate of drug-likeness (QED) is 0.667. The van der Waals surface area contributed by atoms with Crippen LogP contribution in [-0.2, 0) is 10.0 Å². The van der Waals surface area contributed by atoms with E-state index in [9.17, 15) is 8.42 Å². The van der Waals surface area contributed by atoms with Crippen LogP contribution < -0.4 is 9.62 Å². The third kappa shape index (κ3) is 3.84. The summed E-state index contributed by atoms with van der Waals surface area (Å²) in [5.41, 5.74) is 0.853. The number of hydrogen-bond donors (Lipinski definition) is 1. The van der Waals surface area contributed by atoms with Gasteiger partial charge >= 0.3 is 0 Å². The Morgan fingerprint density at radius 2 is 2.00 bits per heavy atom. The van der Waals surface area contributed by atoms with E-state index in [2.05, 4.69) is 24.8 Å². The summed E-state index contributed by atoms with van der Waals surface area (Å²) in [7, 11) is -3.49. The molecule has 3 aromatic rings. The van der Waals surface area contributed by atoms with Crippen molar-refractivity contribution >= 4 is 21.5 Å². The van der Waals surface area contributed by atoms with E-state index >= 15 is 0 Å². The molecule has 0 radical (unpaired) electrons. The van der Waals surface area contributed by atoms with E-state index in [1.54, 1.807) is 12.1 Å². The number of sulfonamides is 1. The molecule has 29 heavy (non-hydrogen) atoms. The maximum atomic E-state index is 12.4. The van der Waals surface area contributed by atoms with Gasteiger partial charge in [-0.05, 0) is 55.9 Å². The van der Waals surface area contributed by atoms with Gasteiger partial charge in [-0.25, -0.2) is 18.1 Å². The molecule has 1 N–H and O–H groups in total. The fraction of sp³-hybridized carbons (Fsp3) is 0.450. The molecule has 0 amide bonds. The van der Waals surface area contributed by atoms with E-state index in [4.69, 9.17) is 0 Å². The lowest BCUT2D eigenvalue weighted by Gasteiger charge is -2.32. The highest BCUT2D eigenvalue weighted by Gasteiger charge is 2.27. The van der Waals surface area contributed by atoms with E-state index in [1.165, 1.54) is 6.20 Å². The molecule has 1 atom stereocenters. The number of rotatable bonds is 6. The van der Waals surface area contributed by atoms with Crippen molar-refractivity contribution in [3.63, 3.8) is 0 Å². The van der Waals surface area contributed by atoms with Crippen LogP contribution in [0.25, 0.3) is 5.65 Å². The monoisotopic (exact) mass is 412 g/mol. The minimum Gasteiger partial charge on any atom is -0.356 e. The molecule has 0 spiro atoms. The summed E-state index contributed by atoms with van der Waals surface area (Å²) in [5.74, 6) is 2.51. The summed E-state index contributed by atoms with van der Waals surface area (Å²) in [6, 6.07) is 9.34. The summed E-state index contributed by atoms with van der Waals surface area (Å²) < 4.78 is 29.5. The lowest BCUT2D eigenvalue weighted by atomic mass is 9.97. The van der Waals surface area contributed by atoms with Crippen molar-refractivity contribution in [3.8, 4) is 0 Å². The van der Waals surface area contributed by atoms with E-state index < -0.39 is 10.0 Å². The van der Waals surface area contributed by atoms with Crippen LogP contribution in [0.5, 0.6) is 0 Å². The van der Waals surface area contributed by atoms with Crippen molar-refractivity contribution in [1.29, 1.82) is 0 Å². The molecule has 5 rings (SSSR count). The van der Waals surface area contributed by atoms with Crippen LogP contribution in [0.2, 0.25) is 0 Å². The largest absolute Gasteiger partial charge is 0.356 e. The molecule has 2 aliphatic rings. The predicted octanol–water partition coefficient (Wildman–Crippen LogP) is 2.20. The van der Waals surface area contributed by atoms with Gasteiger partial charge in [-0.15, -0.1) is 10.2 Å². The fourth-order valence-electron chi connectivity index (χ4n) is 3.89. The fourth-order valence-corrected chi connectivity index (χ4v) is 4.95. The summed E-state index contributed by atoms with van der Waals surface area (Å²) in [6.45, 7) is 2.20. The highest BCUT2D eigenvalue weighted by Crippen LogP contribution is 2.30. The maximum absolute atomic E-state index is 12.4. The highest BCUT2D eigenvalue weighted by atomic mass is 32.2. The van der Waals surface area contributed by atoms with Crippen LogP contribution in [0.15, 0.2) is 47.6 Å². The molecule has 1 saturated carbocycles. The molecule has 1 unspecified atom stereocenters. The molecular formula is C20H24N6O2S. The molecule has 152 valence electrons. The number of nitrogens with one attached hydrogen (secondary N) is 1. The smallest absolute Gasteiger partial charge is 0.242 e. The van der Waals surface area contributed by atoms with Crippen LogP contribution in [0.1, 0.15) is 37.4 Å². The Kier molecular flexibility index (Phi) is 4.71. The molecule has 0 aromatic carbocycles. The second-order valence-electron chi connectivity index (χ2n) is 7.92. The summed E-state index contributed by atoms with van der Waals surface area (Å²) in [6.07, 6.45) is 7.74. The number of aromatic nitrogens is 4. The van der Waals surface area contributed by atoms with Crippen molar-refractivity contribution in [3.05, 3.63) is 48.5 Å². The zero-order valence-corrected chi connectivity index (χ0v) is 16.9. The summed E-state index contributed by atoms with van der Waals surface area (Å²) in [5, 5.41) is 8.68. The van der Waals surface area contributed by atoms with Gasteiger partial charge in [-0.1, -0.05) is 6.07 Å². The van der Waals surface area contributed by atoms with Gasteiger partial charge in [-0.3, -0.25) is 4.40 Å². The van der Waals surface area contributed by atoms with Gasteiger partial charge in [0.25, 0.3) is 0 Å². The lowest BCUT2D eigenvalue weighted by molar-refractivity contribution is 0.485. The zero-order valence-electron chi connectivity index (χ0n) is 16.1. The molecule has 8 nitrogen and oxygen atoms in total. The Morgan fingerprint density at radius 1 is 1.10 bits per heavy atom. The van der Waals surface area contributed by atoms with Gasteiger partial charge in [0.05, 0.1) is 0 Å². The topological polar surface area (TPSA) is 92.5 Å². The first-order chi connectivity index (χ1) is 14.1. The van der Waals surface area contributed by atoms with Gasteiger partial charge in [-0.2, -0.15) is 0 Å². The van der Waals surface area contributed by atoms with Crippen LogP contribution in [0.3, 0.4) is 0 Å². The number of anilines is 1. The van der Waals surface area contributed by atoms with Gasteiger partial charge in [0, 0.05) is 37.9 Å². The number of pyridine rings is 2. The second-order valence-corrected chi connectivity index (χ2v) is 9.69. The minimum atomic E-state index is -3.49. The van der Waals surface area contributed by atoms with E-state index in [-0.39, 0.29) is 10.8 Å². The molecular weight excluding hydrogens is 388 g/mol. The summed E-state index contributed by atoms with van der Waals surface area (Å²) in [4.78, 5) is 6.88. The highest BCUT2D eigenvalue weighted by molar-refractivity contribution is 7.89. The molecule has 1 saturated heterocycles. The SMILES string of the molecule is O=S(=O)(NCC1CC1)c1ccc(N2CCCC(c3nnc4ccccn34)C2)nc1. The Bertz CT molecular complexity index is 1110. The van der Waals surface area contributed by atoms with Gasteiger partial charge < -0.3 is 4.90 Å². The van der Waals surface area contributed by atoms with Gasteiger partial charge in [0.1, 0.15) is 16.5 Å². The van der Waals surface area contributed by atoms with E-state index in [0.29, 0.717) is 12.5 Å². The molecule has 2 fully saturated rings. The van der Waals surface area contributed by atoms with Crippen molar-refractivity contribution in [2.24, 2.45) is 5.92 Å². The first-order valence-electron chi connectivity index (χ1n) is 10.1. The van der Waals surface area contributed by atoms with Gasteiger partial charge in [0.2, 0.25) is 10.0 Å². The molecule has 4 heterocycles. The molecule has 3 aromatic heterocycles. The number of fused-ring (bicyclic) bond motifs is 1. The molecule has 0 bridgehead atoms. The average Bonchev–Trinajstić information content (AvgIpc) is 3.49. The Labute approximate surface area is 170 Å². The zero-order chi connectivity index (χ0) is 19.8. The Hall–Kier alpha value is -2.52. The second kappa shape index (κ2) is 7.38. The molecule has 9 heteroatoms. The summed E-state index contributed by atoms with van der Waals surface area (Å²) >= 11 is 0. The average molecular weight is 413 g/mol. The Morgan fingerprint density at radius 3 is 2.79 bits per heavy atom. The third-order valence-electron chi connectivity index (χ3n) is 5.74. The van der Waals surface area contributed by atoms with Crippen LogP contribution in [0, 0.1) is 5.92 Å². The Balaban J connectivity index is 1.31. The number of hydrogen-bond acceptors (Lipinski definition) is 6. The van der Waals surface area contributed by atoms with E-state index in [0.717, 1.165) is 56.1 Å².